The summed E-state index contributed by atoms with van der Waals surface area (Å²) in [6, 6.07) is 16.2. The lowest BCUT2D eigenvalue weighted by Crippen LogP contribution is -2.39. The fraction of sp³-hybridized carbons (Fsp3) is 0.345. The number of aliphatic hydroxyl groups excluding tert-OH is 1. The van der Waals surface area contributed by atoms with Gasteiger partial charge in [0.2, 0.25) is 5.78 Å². The molecule has 2 aliphatic rings. The quantitative estimate of drug-likeness (QED) is 0.407. The van der Waals surface area contributed by atoms with Crippen molar-refractivity contribution in [2.75, 3.05) is 46.5 Å². The van der Waals surface area contributed by atoms with Gasteiger partial charge in [0.05, 0.1) is 42.5 Å². The number of carbonyl (C=O) groups is 2. The highest BCUT2D eigenvalue weighted by molar-refractivity contribution is 7.17. The summed E-state index contributed by atoms with van der Waals surface area (Å²) in [6.45, 7) is 6.10. The van der Waals surface area contributed by atoms with Gasteiger partial charge in [-0.15, -0.1) is 11.3 Å². The maximum Gasteiger partial charge on any atom is 0.290 e. The van der Waals surface area contributed by atoms with Gasteiger partial charge in [-0.3, -0.25) is 14.5 Å². The molecule has 38 heavy (non-hydrogen) atoms. The smallest absolute Gasteiger partial charge is 0.290 e. The molecule has 1 amide bonds. The van der Waals surface area contributed by atoms with Crippen LogP contribution in [0.25, 0.3) is 10.6 Å². The maximum atomic E-state index is 14.0. The van der Waals surface area contributed by atoms with E-state index in [0.29, 0.717) is 48.1 Å². The number of ketones is 1. The molecule has 2 aliphatic heterocycles. The van der Waals surface area contributed by atoms with Crippen LogP contribution < -0.4 is 4.74 Å². The first-order valence-electron chi connectivity index (χ1n) is 12.7. The van der Waals surface area contributed by atoms with E-state index in [4.69, 9.17) is 9.47 Å². The Kier molecular flexibility index (Phi) is 7.87. The standard InChI is InChI=1S/C29H31N3O5S/c1-19-27(38-28(30-19)20-8-4-3-5-9-20)25(33)23-24(21-10-6-11-22(18-21)36-2)32(29(35)26(23)34)13-7-12-31-14-16-37-17-15-31/h3-6,8-11,18,24,34H,7,12-17H2,1-2H3/t24-/m0/s1. The summed E-state index contributed by atoms with van der Waals surface area (Å²) < 4.78 is 10.9. The number of thiazole rings is 1. The molecule has 1 atom stereocenters. The van der Waals surface area contributed by atoms with Gasteiger partial charge in [0.15, 0.2) is 5.76 Å². The summed E-state index contributed by atoms with van der Waals surface area (Å²) in [5.41, 5.74) is 2.28. The van der Waals surface area contributed by atoms with Gasteiger partial charge >= 0.3 is 0 Å². The van der Waals surface area contributed by atoms with Crippen LogP contribution in [-0.4, -0.2) is 78.1 Å². The fourth-order valence-corrected chi connectivity index (χ4v) is 6.02. The van der Waals surface area contributed by atoms with Gasteiger partial charge in [-0.05, 0) is 31.0 Å². The molecule has 2 aromatic carbocycles. The number of benzene rings is 2. The van der Waals surface area contributed by atoms with Crippen molar-refractivity contribution in [2.24, 2.45) is 0 Å². The Bertz CT molecular complexity index is 1350. The SMILES string of the molecule is COc1cccc([C@H]2C(C(=O)c3sc(-c4ccccc4)nc3C)=C(O)C(=O)N2CCCN2CCOCC2)c1. The van der Waals surface area contributed by atoms with Crippen LogP contribution in [0, 0.1) is 6.92 Å². The van der Waals surface area contributed by atoms with Crippen molar-refractivity contribution >= 4 is 23.0 Å². The molecule has 0 saturated carbocycles. The molecule has 1 N–H and O–H groups in total. The van der Waals surface area contributed by atoms with Gasteiger partial charge in [0, 0.05) is 31.7 Å². The molecule has 3 aromatic rings. The molecule has 1 saturated heterocycles. The predicted octanol–water partition coefficient (Wildman–Crippen LogP) is 4.43. The number of carbonyl (C=O) groups excluding carboxylic acids is 2. The first kappa shape index (κ1) is 26.1. The maximum absolute atomic E-state index is 14.0. The molecule has 0 aliphatic carbocycles. The third kappa shape index (κ3) is 5.22. The molecule has 0 radical (unpaired) electrons. The molecule has 0 spiro atoms. The Labute approximate surface area is 226 Å². The molecule has 198 valence electrons. The number of morpholine rings is 1. The van der Waals surface area contributed by atoms with Crippen LogP contribution in [-0.2, 0) is 9.53 Å². The van der Waals surface area contributed by atoms with Crippen LogP contribution >= 0.6 is 11.3 Å². The summed E-state index contributed by atoms with van der Waals surface area (Å²) in [7, 11) is 1.57. The van der Waals surface area contributed by atoms with Crippen LogP contribution in [0.4, 0.5) is 0 Å². The third-order valence-electron chi connectivity index (χ3n) is 6.96. The summed E-state index contributed by atoms with van der Waals surface area (Å²) >= 11 is 1.27. The normalized spacial score (nSPS) is 18.3. The number of rotatable bonds is 9. The van der Waals surface area contributed by atoms with Crippen LogP contribution in [0.2, 0.25) is 0 Å². The summed E-state index contributed by atoms with van der Waals surface area (Å²) in [6.07, 6.45) is 0.707. The first-order valence-corrected chi connectivity index (χ1v) is 13.5. The zero-order valence-corrected chi connectivity index (χ0v) is 22.4. The first-order chi connectivity index (χ1) is 18.5. The second-order valence-electron chi connectivity index (χ2n) is 9.38. The van der Waals surface area contributed by atoms with E-state index in [9.17, 15) is 14.7 Å². The van der Waals surface area contributed by atoms with Gasteiger partial charge in [-0.25, -0.2) is 4.98 Å². The van der Waals surface area contributed by atoms with Gasteiger partial charge in [0.1, 0.15) is 10.8 Å². The highest BCUT2D eigenvalue weighted by Gasteiger charge is 2.44. The number of hydrogen-bond acceptors (Lipinski definition) is 8. The van der Waals surface area contributed by atoms with Gasteiger partial charge < -0.3 is 19.5 Å². The van der Waals surface area contributed by atoms with Crippen molar-refractivity contribution in [1.29, 1.82) is 0 Å². The van der Waals surface area contributed by atoms with E-state index in [1.54, 1.807) is 18.9 Å². The van der Waals surface area contributed by atoms with Crippen molar-refractivity contribution in [3.05, 3.63) is 82.1 Å². The number of aliphatic hydroxyl groups is 1. The number of Topliss-reactive ketones (excluding diaryl/α,β-unsaturated/α-hetero) is 1. The Balaban J connectivity index is 1.47. The molecule has 0 unspecified atom stereocenters. The van der Waals surface area contributed by atoms with Crippen LogP contribution in [0.3, 0.4) is 0 Å². The molecular weight excluding hydrogens is 502 g/mol. The number of aromatic nitrogens is 1. The lowest BCUT2D eigenvalue weighted by atomic mass is 9.95. The second kappa shape index (κ2) is 11.5. The van der Waals surface area contributed by atoms with Crippen molar-refractivity contribution in [1.82, 2.24) is 14.8 Å². The average molecular weight is 534 g/mol. The van der Waals surface area contributed by atoms with E-state index in [1.165, 1.54) is 11.3 Å². The van der Waals surface area contributed by atoms with E-state index in [1.807, 2.05) is 54.6 Å². The number of aryl methyl sites for hydroxylation is 1. The third-order valence-corrected chi connectivity index (χ3v) is 8.16. The monoisotopic (exact) mass is 533 g/mol. The van der Waals surface area contributed by atoms with E-state index in [0.717, 1.165) is 30.2 Å². The molecular formula is C29H31N3O5S. The Morgan fingerprint density at radius 2 is 1.89 bits per heavy atom. The number of amides is 1. The summed E-state index contributed by atoms with van der Waals surface area (Å²) in [4.78, 5) is 36.3. The lowest BCUT2D eigenvalue weighted by Gasteiger charge is -2.30. The topological polar surface area (TPSA) is 92.2 Å². The minimum absolute atomic E-state index is 0.0842. The molecule has 8 nitrogen and oxygen atoms in total. The lowest BCUT2D eigenvalue weighted by molar-refractivity contribution is -0.129. The highest BCUT2D eigenvalue weighted by atomic mass is 32.1. The minimum atomic E-state index is -0.725. The predicted molar refractivity (Wildman–Crippen MR) is 146 cm³/mol. The zero-order valence-electron chi connectivity index (χ0n) is 21.6. The van der Waals surface area contributed by atoms with Crippen molar-refractivity contribution in [3.8, 4) is 16.3 Å². The molecule has 1 fully saturated rings. The minimum Gasteiger partial charge on any atom is -0.503 e. The van der Waals surface area contributed by atoms with E-state index in [-0.39, 0.29) is 11.4 Å². The van der Waals surface area contributed by atoms with Gasteiger partial charge in [-0.1, -0.05) is 42.5 Å². The fourth-order valence-electron chi connectivity index (χ4n) is 5.00. The number of nitrogens with zero attached hydrogens (tertiary/aromatic N) is 3. The number of hydrogen-bond donors (Lipinski definition) is 1. The van der Waals surface area contributed by atoms with Gasteiger partial charge in [-0.2, -0.15) is 0 Å². The van der Waals surface area contributed by atoms with Crippen LogP contribution in [0.15, 0.2) is 65.9 Å². The van der Waals surface area contributed by atoms with Crippen molar-refractivity contribution in [3.63, 3.8) is 0 Å². The summed E-state index contributed by atoms with van der Waals surface area (Å²) in [5, 5.41) is 11.8. The molecule has 1 aromatic heterocycles. The van der Waals surface area contributed by atoms with E-state index < -0.39 is 17.7 Å². The molecule has 9 heteroatoms. The van der Waals surface area contributed by atoms with E-state index >= 15 is 0 Å². The zero-order chi connectivity index (χ0) is 26.6. The van der Waals surface area contributed by atoms with Crippen molar-refractivity contribution in [2.45, 2.75) is 19.4 Å². The second-order valence-corrected chi connectivity index (χ2v) is 10.4. The highest BCUT2D eigenvalue weighted by Crippen LogP contribution is 2.41. The van der Waals surface area contributed by atoms with Crippen molar-refractivity contribution < 1.29 is 24.2 Å². The molecule has 5 rings (SSSR count). The molecule has 0 bridgehead atoms. The molecule has 3 heterocycles. The van der Waals surface area contributed by atoms with Crippen LogP contribution in [0.5, 0.6) is 5.75 Å². The number of methoxy groups -OCH3 is 1. The Hall–Kier alpha value is -3.53. The largest absolute Gasteiger partial charge is 0.503 e. The van der Waals surface area contributed by atoms with E-state index in [2.05, 4.69) is 9.88 Å². The Morgan fingerprint density at radius 3 is 2.63 bits per heavy atom. The Morgan fingerprint density at radius 1 is 1.13 bits per heavy atom. The van der Waals surface area contributed by atoms with Gasteiger partial charge in [0.25, 0.3) is 5.91 Å². The average Bonchev–Trinajstić information content (AvgIpc) is 3.46. The summed E-state index contributed by atoms with van der Waals surface area (Å²) in [5.74, 6) is -0.796. The van der Waals surface area contributed by atoms with Crippen LogP contribution in [0.1, 0.15) is 33.4 Å². The number of ether oxygens (including phenoxy) is 2.